The first-order chi connectivity index (χ1) is 9.15. The molecule has 0 aromatic heterocycles. The van der Waals surface area contributed by atoms with Gasteiger partial charge in [0.05, 0.1) is 0 Å². The SMILES string of the molecule is OC(c1ccc2c(c1)CCC2)c1cc(Br)ccc1Br. The Balaban J connectivity index is 1.99. The fraction of sp³-hybridized carbons (Fsp3) is 0.250. The van der Waals surface area contributed by atoms with Crippen molar-refractivity contribution in [2.75, 3.05) is 0 Å². The van der Waals surface area contributed by atoms with Crippen molar-refractivity contribution in [3.8, 4) is 0 Å². The third-order valence-electron chi connectivity index (χ3n) is 3.69. The van der Waals surface area contributed by atoms with Gasteiger partial charge in [0, 0.05) is 14.5 Å². The molecule has 0 saturated heterocycles. The average Bonchev–Trinajstić information content (AvgIpc) is 2.88. The highest BCUT2D eigenvalue weighted by molar-refractivity contribution is 9.11. The first kappa shape index (κ1) is 13.3. The van der Waals surface area contributed by atoms with Crippen molar-refractivity contribution < 1.29 is 5.11 Å². The maximum atomic E-state index is 10.6. The second kappa shape index (κ2) is 5.39. The van der Waals surface area contributed by atoms with Crippen molar-refractivity contribution in [2.45, 2.75) is 25.4 Å². The van der Waals surface area contributed by atoms with E-state index in [9.17, 15) is 5.11 Å². The second-order valence-electron chi connectivity index (χ2n) is 4.95. The highest BCUT2D eigenvalue weighted by atomic mass is 79.9. The summed E-state index contributed by atoms with van der Waals surface area (Å²) in [6.45, 7) is 0. The molecule has 1 N–H and O–H groups in total. The maximum Gasteiger partial charge on any atom is 0.105 e. The lowest BCUT2D eigenvalue weighted by Crippen LogP contribution is -2.02. The van der Waals surface area contributed by atoms with Crippen LogP contribution >= 0.6 is 31.9 Å². The maximum absolute atomic E-state index is 10.6. The van der Waals surface area contributed by atoms with Crippen molar-refractivity contribution in [2.24, 2.45) is 0 Å². The van der Waals surface area contributed by atoms with Crippen LogP contribution in [0.5, 0.6) is 0 Å². The third-order valence-corrected chi connectivity index (χ3v) is 4.91. The summed E-state index contributed by atoms with van der Waals surface area (Å²) in [7, 11) is 0. The summed E-state index contributed by atoms with van der Waals surface area (Å²) < 4.78 is 1.91. The number of aliphatic hydroxyl groups excluding tert-OH is 1. The van der Waals surface area contributed by atoms with Gasteiger partial charge in [0.15, 0.2) is 0 Å². The van der Waals surface area contributed by atoms with E-state index < -0.39 is 6.10 Å². The molecular weight excluding hydrogens is 368 g/mol. The zero-order valence-corrected chi connectivity index (χ0v) is 13.5. The molecule has 0 radical (unpaired) electrons. The van der Waals surface area contributed by atoms with Gasteiger partial charge in [0.25, 0.3) is 0 Å². The fourth-order valence-corrected chi connectivity index (χ4v) is 3.51. The van der Waals surface area contributed by atoms with Crippen LogP contribution in [0.3, 0.4) is 0 Å². The van der Waals surface area contributed by atoms with Crippen molar-refractivity contribution in [1.82, 2.24) is 0 Å². The van der Waals surface area contributed by atoms with Crippen molar-refractivity contribution >= 4 is 31.9 Å². The number of hydrogen-bond acceptors (Lipinski definition) is 1. The number of benzene rings is 2. The molecule has 0 heterocycles. The summed E-state index contributed by atoms with van der Waals surface area (Å²) in [4.78, 5) is 0. The van der Waals surface area contributed by atoms with E-state index in [-0.39, 0.29) is 0 Å². The summed E-state index contributed by atoms with van der Waals surface area (Å²) in [6.07, 6.45) is 2.95. The molecule has 1 aliphatic rings. The van der Waals surface area contributed by atoms with Crippen LogP contribution in [-0.2, 0) is 12.8 Å². The van der Waals surface area contributed by atoms with Gasteiger partial charge in [0.1, 0.15) is 6.10 Å². The Kier molecular flexibility index (Phi) is 3.79. The molecule has 0 aliphatic heterocycles. The van der Waals surface area contributed by atoms with Gasteiger partial charge in [-0.1, -0.05) is 50.1 Å². The second-order valence-corrected chi connectivity index (χ2v) is 6.72. The van der Waals surface area contributed by atoms with E-state index in [1.165, 1.54) is 24.0 Å². The quantitative estimate of drug-likeness (QED) is 0.793. The van der Waals surface area contributed by atoms with Gasteiger partial charge >= 0.3 is 0 Å². The van der Waals surface area contributed by atoms with Crippen molar-refractivity contribution in [3.05, 3.63) is 67.6 Å². The number of fused-ring (bicyclic) bond motifs is 1. The van der Waals surface area contributed by atoms with Crippen LogP contribution in [-0.4, -0.2) is 5.11 Å². The highest BCUT2D eigenvalue weighted by Crippen LogP contribution is 2.33. The first-order valence-corrected chi connectivity index (χ1v) is 7.98. The van der Waals surface area contributed by atoms with E-state index in [1.807, 2.05) is 24.3 Å². The Labute approximate surface area is 129 Å². The number of hydrogen-bond donors (Lipinski definition) is 1. The summed E-state index contributed by atoms with van der Waals surface area (Å²) in [5.41, 5.74) is 4.69. The Morgan fingerprint density at radius 3 is 2.58 bits per heavy atom. The van der Waals surface area contributed by atoms with Gasteiger partial charge < -0.3 is 5.11 Å². The first-order valence-electron chi connectivity index (χ1n) is 6.40. The molecule has 1 unspecified atom stereocenters. The van der Waals surface area contributed by atoms with Gasteiger partial charge in [-0.15, -0.1) is 0 Å². The monoisotopic (exact) mass is 380 g/mol. The Morgan fingerprint density at radius 1 is 0.947 bits per heavy atom. The Bertz CT molecular complexity index is 622. The van der Waals surface area contributed by atoms with Crippen LogP contribution in [0.2, 0.25) is 0 Å². The molecule has 19 heavy (non-hydrogen) atoms. The van der Waals surface area contributed by atoms with Gasteiger partial charge in [-0.25, -0.2) is 0 Å². The van der Waals surface area contributed by atoms with Crippen molar-refractivity contribution in [3.63, 3.8) is 0 Å². The lowest BCUT2D eigenvalue weighted by atomic mass is 9.98. The predicted octanol–water partition coefficient (Wildman–Crippen LogP) is 4.78. The molecule has 3 rings (SSSR count). The number of aryl methyl sites for hydroxylation is 2. The Hall–Kier alpha value is -0.640. The minimum atomic E-state index is -0.585. The molecule has 0 fully saturated rings. The van der Waals surface area contributed by atoms with Crippen LogP contribution in [0.4, 0.5) is 0 Å². The lowest BCUT2D eigenvalue weighted by Gasteiger charge is -2.15. The van der Waals surface area contributed by atoms with Gasteiger partial charge in [-0.3, -0.25) is 0 Å². The molecule has 2 aromatic rings. The molecule has 1 atom stereocenters. The van der Waals surface area contributed by atoms with E-state index >= 15 is 0 Å². The van der Waals surface area contributed by atoms with Gasteiger partial charge in [0.2, 0.25) is 0 Å². The minimum Gasteiger partial charge on any atom is -0.384 e. The molecule has 0 amide bonds. The summed E-state index contributed by atoms with van der Waals surface area (Å²) in [5.74, 6) is 0. The third kappa shape index (κ3) is 2.64. The Morgan fingerprint density at radius 2 is 1.74 bits per heavy atom. The molecule has 1 aliphatic carbocycles. The zero-order chi connectivity index (χ0) is 13.4. The fourth-order valence-electron chi connectivity index (χ4n) is 2.67. The molecule has 98 valence electrons. The van der Waals surface area contributed by atoms with E-state index in [1.54, 1.807) is 0 Å². The standard InChI is InChI=1S/C16H14Br2O/c17-13-6-7-15(18)14(9-13)16(19)12-5-4-10-2-1-3-11(10)8-12/h4-9,16,19H,1-3H2. The molecule has 0 spiro atoms. The number of halogens is 2. The summed E-state index contributed by atoms with van der Waals surface area (Å²) >= 11 is 6.96. The van der Waals surface area contributed by atoms with Crippen LogP contribution in [0, 0.1) is 0 Å². The van der Waals surface area contributed by atoms with Crippen LogP contribution in [0.1, 0.15) is 34.8 Å². The molecular formula is C16H14Br2O. The zero-order valence-electron chi connectivity index (χ0n) is 10.4. The van der Waals surface area contributed by atoms with Crippen LogP contribution < -0.4 is 0 Å². The largest absolute Gasteiger partial charge is 0.384 e. The molecule has 1 nitrogen and oxygen atoms in total. The number of aliphatic hydroxyl groups is 1. The molecule has 3 heteroatoms. The summed E-state index contributed by atoms with van der Waals surface area (Å²) in [6, 6.07) is 12.2. The molecule has 0 saturated carbocycles. The average molecular weight is 382 g/mol. The normalized spacial score (nSPS) is 15.3. The van der Waals surface area contributed by atoms with E-state index in [4.69, 9.17) is 0 Å². The minimum absolute atomic E-state index is 0.585. The van der Waals surface area contributed by atoms with E-state index in [2.05, 4.69) is 44.0 Å². The topological polar surface area (TPSA) is 20.2 Å². The van der Waals surface area contributed by atoms with Crippen LogP contribution in [0.15, 0.2) is 45.3 Å². The summed E-state index contributed by atoms with van der Waals surface area (Å²) in [5, 5.41) is 10.6. The highest BCUT2D eigenvalue weighted by Gasteiger charge is 2.17. The van der Waals surface area contributed by atoms with Crippen molar-refractivity contribution in [1.29, 1.82) is 0 Å². The number of rotatable bonds is 2. The van der Waals surface area contributed by atoms with Gasteiger partial charge in [-0.05, 0) is 54.2 Å². The van der Waals surface area contributed by atoms with E-state index in [0.29, 0.717) is 0 Å². The van der Waals surface area contributed by atoms with Crippen LogP contribution in [0.25, 0.3) is 0 Å². The van der Waals surface area contributed by atoms with E-state index in [0.717, 1.165) is 26.5 Å². The smallest absolute Gasteiger partial charge is 0.105 e. The molecule has 2 aromatic carbocycles. The lowest BCUT2D eigenvalue weighted by molar-refractivity contribution is 0.219. The predicted molar refractivity (Wildman–Crippen MR) is 84.4 cm³/mol. The molecule has 0 bridgehead atoms. The van der Waals surface area contributed by atoms with Gasteiger partial charge in [-0.2, -0.15) is 0 Å².